The van der Waals surface area contributed by atoms with Crippen molar-refractivity contribution in [2.75, 3.05) is 18.1 Å². The molecule has 0 unspecified atom stereocenters. The van der Waals surface area contributed by atoms with Gasteiger partial charge in [0.25, 0.3) is 0 Å². The summed E-state index contributed by atoms with van der Waals surface area (Å²) in [6.45, 7) is 1.32. The summed E-state index contributed by atoms with van der Waals surface area (Å²) in [5.41, 5.74) is 1.21. The maximum Gasteiger partial charge on any atom is 0.139 e. The maximum absolute atomic E-state index is 9.31. The zero-order valence-corrected chi connectivity index (χ0v) is 12.9. The Morgan fingerprint density at radius 1 is 1.24 bits per heavy atom. The summed E-state index contributed by atoms with van der Waals surface area (Å²) in [5, 5.41) is 16.0. The lowest BCUT2D eigenvalue weighted by Crippen LogP contribution is -2.26. The number of aliphatic hydroxyl groups excluding tert-OH is 1. The predicted molar refractivity (Wildman–Crippen MR) is 89.2 cm³/mol. The molecule has 0 bridgehead atoms. The van der Waals surface area contributed by atoms with Crippen LogP contribution in [0.2, 0.25) is 5.15 Å². The second-order valence-electron chi connectivity index (χ2n) is 4.77. The monoisotopic (exact) mass is 318 g/mol. The van der Waals surface area contributed by atoms with Crippen molar-refractivity contribution in [1.29, 1.82) is 0 Å². The number of benzene rings is 1. The number of aliphatic hydroxyl groups is 1. The molecule has 0 fully saturated rings. The smallest absolute Gasteiger partial charge is 0.139 e. The summed E-state index contributed by atoms with van der Waals surface area (Å²) in [6, 6.07) is 12.0. The molecule has 1 N–H and O–H groups in total. The number of thiophene rings is 1. The third-order valence-corrected chi connectivity index (χ3v) is 4.35. The molecule has 0 aliphatic rings. The van der Waals surface area contributed by atoms with Crippen LogP contribution in [-0.2, 0) is 6.54 Å². The lowest BCUT2D eigenvalue weighted by atomic mass is 10.1. The van der Waals surface area contributed by atoms with Crippen LogP contribution in [0.15, 0.2) is 47.2 Å². The highest BCUT2D eigenvalue weighted by molar-refractivity contribution is 7.07. The minimum Gasteiger partial charge on any atom is -0.395 e. The van der Waals surface area contributed by atoms with Crippen molar-refractivity contribution in [2.24, 2.45) is 0 Å². The summed E-state index contributed by atoms with van der Waals surface area (Å²) < 4.78 is 0. The van der Waals surface area contributed by atoms with Crippen LogP contribution in [0.25, 0.3) is 10.8 Å². The van der Waals surface area contributed by atoms with Crippen LogP contribution in [0.4, 0.5) is 5.82 Å². The molecule has 21 heavy (non-hydrogen) atoms. The van der Waals surface area contributed by atoms with Gasteiger partial charge in [0.05, 0.1) is 6.61 Å². The van der Waals surface area contributed by atoms with E-state index in [1.54, 1.807) is 11.3 Å². The SMILES string of the molecule is OCCN(Cc1ccsc1)c1cc2ccccc2c(Cl)n1. The third kappa shape index (κ3) is 3.18. The molecule has 0 atom stereocenters. The standard InChI is InChI=1S/C16H15ClN2OS/c17-16-14-4-2-1-3-13(14)9-15(18-16)19(6-7-20)10-12-5-8-21-11-12/h1-5,8-9,11,20H,6-7,10H2. The number of halogens is 1. The first kappa shape index (κ1) is 14.3. The first-order valence-corrected chi connectivity index (χ1v) is 8.02. The molecule has 0 spiro atoms. The quantitative estimate of drug-likeness (QED) is 0.724. The first-order valence-electron chi connectivity index (χ1n) is 6.70. The summed E-state index contributed by atoms with van der Waals surface area (Å²) in [5.74, 6) is 0.791. The van der Waals surface area contributed by atoms with E-state index in [0.29, 0.717) is 18.2 Å². The largest absolute Gasteiger partial charge is 0.395 e. The number of hydrogen-bond acceptors (Lipinski definition) is 4. The molecule has 3 rings (SSSR count). The Morgan fingerprint density at radius 2 is 2.10 bits per heavy atom. The van der Waals surface area contributed by atoms with Crippen LogP contribution >= 0.6 is 22.9 Å². The highest BCUT2D eigenvalue weighted by atomic mass is 35.5. The number of rotatable bonds is 5. The topological polar surface area (TPSA) is 36.4 Å². The van der Waals surface area contributed by atoms with Crippen molar-refractivity contribution in [2.45, 2.75) is 6.54 Å². The van der Waals surface area contributed by atoms with Gasteiger partial charge in [-0.1, -0.05) is 35.9 Å². The molecule has 0 radical (unpaired) electrons. The summed E-state index contributed by atoms with van der Waals surface area (Å²) in [7, 11) is 0. The van der Waals surface area contributed by atoms with E-state index in [-0.39, 0.29) is 6.61 Å². The van der Waals surface area contributed by atoms with Crippen molar-refractivity contribution in [3.63, 3.8) is 0 Å². The van der Waals surface area contributed by atoms with Crippen molar-refractivity contribution < 1.29 is 5.11 Å². The summed E-state index contributed by atoms with van der Waals surface area (Å²) >= 11 is 7.96. The highest BCUT2D eigenvalue weighted by Crippen LogP contribution is 2.27. The van der Waals surface area contributed by atoms with Gasteiger partial charge in [0.1, 0.15) is 11.0 Å². The Kier molecular flexibility index (Phi) is 4.39. The normalized spacial score (nSPS) is 11.0. The minimum absolute atomic E-state index is 0.0796. The number of pyridine rings is 1. The first-order chi connectivity index (χ1) is 10.3. The Bertz CT molecular complexity index is 730. The fraction of sp³-hybridized carbons (Fsp3) is 0.188. The van der Waals surface area contributed by atoms with E-state index in [2.05, 4.69) is 16.4 Å². The van der Waals surface area contributed by atoms with Gasteiger partial charge in [-0.25, -0.2) is 4.98 Å². The average Bonchev–Trinajstić information content (AvgIpc) is 3.00. The van der Waals surface area contributed by atoms with Gasteiger partial charge >= 0.3 is 0 Å². The van der Waals surface area contributed by atoms with E-state index in [1.807, 2.05) is 40.6 Å². The Morgan fingerprint density at radius 3 is 2.86 bits per heavy atom. The zero-order chi connectivity index (χ0) is 14.7. The molecule has 0 aliphatic heterocycles. The van der Waals surface area contributed by atoms with Crippen LogP contribution in [-0.4, -0.2) is 23.2 Å². The molecule has 0 saturated carbocycles. The molecule has 3 aromatic rings. The molecule has 3 nitrogen and oxygen atoms in total. The van der Waals surface area contributed by atoms with Gasteiger partial charge in [-0.15, -0.1) is 0 Å². The Hall–Kier alpha value is -1.62. The zero-order valence-electron chi connectivity index (χ0n) is 11.4. The minimum atomic E-state index is 0.0796. The number of anilines is 1. The number of aromatic nitrogens is 1. The van der Waals surface area contributed by atoms with E-state index in [1.165, 1.54) is 5.56 Å². The van der Waals surface area contributed by atoms with Crippen molar-refractivity contribution >= 4 is 39.5 Å². The Balaban J connectivity index is 1.98. The molecular formula is C16H15ClN2OS. The Labute approximate surface area is 132 Å². The van der Waals surface area contributed by atoms with E-state index in [9.17, 15) is 5.11 Å². The van der Waals surface area contributed by atoms with Gasteiger partial charge in [-0.05, 0) is 33.8 Å². The summed E-state index contributed by atoms with van der Waals surface area (Å²) in [6.07, 6.45) is 0. The second kappa shape index (κ2) is 6.43. The van der Waals surface area contributed by atoms with E-state index < -0.39 is 0 Å². The molecule has 5 heteroatoms. The molecule has 108 valence electrons. The molecular weight excluding hydrogens is 304 g/mol. The van der Waals surface area contributed by atoms with Crippen molar-refractivity contribution in [3.8, 4) is 0 Å². The molecule has 2 heterocycles. The third-order valence-electron chi connectivity index (χ3n) is 3.33. The maximum atomic E-state index is 9.31. The fourth-order valence-corrected chi connectivity index (χ4v) is 3.22. The molecule has 0 saturated heterocycles. The van der Waals surface area contributed by atoms with Crippen LogP contribution < -0.4 is 4.90 Å². The second-order valence-corrected chi connectivity index (χ2v) is 5.91. The van der Waals surface area contributed by atoms with Crippen molar-refractivity contribution in [3.05, 3.63) is 57.9 Å². The average molecular weight is 319 g/mol. The van der Waals surface area contributed by atoms with Crippen LogP contribution in [0.1, 0.15) is 5.56 Å². The van der Waals surface area contributed by atoms with E-state index in [4.69, 9.17) is 11.6 Å². The van der Waals surface area contributed by atoms with Crippen LogP contribution in [0.3, 0.4) is 0 Å². The van der Waals surface area contributed by atoms with Crippen LogP contribution in [0.5, 0.6) is 0 Å². The van der Waals surface area contributed by atoms with Gasteiger partial charge in [0.15, 0.2) is 0 Å². The van der Waals surface area contributed by atoms with Gasteiger partial charge in [-0.3, -0.25) is 0 Å². The molecule has 0 aliphatic carbocycles. The lowest BCUT2D eigenvalue weighted by molar-refractivity contribution is 0.301. The van der Waals surface area contributed by atoms with Gasteiger partial charge in [0.2, 0.25) is 0 Å². The van der Waals surface area contributed by atoms with Crippen LogP contribution in [0, 0.1) is 0 Å². The predicted octanol–water partition coefficient (Wildman–Crippen LogP) is 3.95. The lowest BCUT2D eigenvalue weighted by Gasteiger charge is -2.23. The van der Waals surface area contributed by atoms with Crippen molar-refractivity contribution in [1.82, 2.24) is 4.98 Å². The molecule has 2 aromatic heterocycles. The summed E-state index contributed by atoms with van der Waals surface area (Å²) in [4.78, 5) is 6.53. The highest BCUT2D eigenvalue weighted by Gasteiger charge is 2.11. The fourth-order valence-electron chi connectivity index (χ4n) is 2.30. The number of fused-ring (bicyclic) bond motifs is 1. The van der Waals surface area contributed by atoms with Gasteiger partial charge in [-0.2, -0.15) is 11.3 Å². The van der Waals surface area contributed by atoms with Gasteiger partial charge < -0.3 is 10.0 Å². The number of nitrogens with zero attached hydrogens (tertiary/aromatic N) is 2. The molecule has 0 amide bonds. The molecule has 1 aromatic carbocycles. The van der Waals surface area contributed by atoms with E-state index in [0.717, 1.165) is 16.6 Å². The van der Waals surface area contributed by atoms with Gasteiger partial charge in [0, 0.05) is 18.5 Å². The van der Waals surface area contributed by atoms with E-state index >= 15 is 0 Å². The number of hydrogen-bond donors (Lipinski definition) is 1.